The van der Waals surface area contributed by atoms with Gasteiger partial charge in [0.1, 0.15) is 6.04 Å². The van der Waals surface area contributed by atoms with Gasteiger partial charge in [-0.3, -0.25) is 4.79 Å². The summed E-state index contributed by atoms with van der Waals surface area (Å²) in [5, 5.41) is -0.273. The molecule has 0 saturated heterocycles. The predicted molar refractivity (Wildman–Crippen MR) is 81.7 cm³/mol. The normalized spacial score (nSPS) is 16.8. The predicted octanol–water partition coefficient (Wildman–Crippen LogP) is 2.38. The van der Waals surface area contributed by atoms with Crippen LogP contribution in [0.2, 0.25) is 18.1 Å². The summed E-state index contributed by atoms with van der Waals surface area (Å²) in [6, 6.07) is -1.79. The van der Waals surface area contributed by atoms with Gasteiger partial charge in [-0.25, -0.2) is 8.42 Å². The van der Waals surface area contributed by atoms with E-state index in [0.717, 1.165) is 7.11 Å². The zero-order valence-corrected chi connectivity index (χ0v) is 16.1. The molecule has 23 heavy (non-hydrogen) atoms. The first-order chi connectivity index (χ1) is 9.96. The van der Waals surface area contributed by atoms with Crippen LogP contribution in [0.1, 0.15) is 27.7 Å². The number of rotatable bonds is 6. The number of sulfonamides is 1. The van der Waals surface area contributed by atoms with Gasteiger partial charge in [0.15, 0.2) is 8.32 Å². The van der Waals surface area contributed by atoms with Gasteiger partial charge in [0.2, 0.25) is 0 Å². The lowest BCUT2D eigenvalue weighted by atomic mass is 10.2. The second-order valence-corrected chi connectivity index (χ2v) is 13.1. The van der Waals surface area contributed by atoms with Crippen LogP contribution in [0.25, 0.3) is 0 Å². The van der Waals surface area contributed by atoms with Crippen molar-refractivity contribution in [2.75, 3.05) is 7.11 Å². The first-order valence-corrected chi connectivity index (χ1v) is 11.2. The van der Waals surface area contributed by atoms with Gasteiger partial charge in [-0.1, -0.05) is 20.8 Å². The van der Waals surface area contributed by atoms with Gasteiger partial charge >= 0.3 is 21.5 Å². The molecule has 0 aromatic rings. The molecule has 0 aromatic heterocycles. The summed E-state index contributed by atoms with van der Waals surface area (Å²) >= 11 is 0. The molecule has 0 rings (SSSR count). The number of nitrogens with one attached hydrogen (secondary N) is 1. The van der Waals surface area contributed by atoms with Gasteiger partial charge in [0.25, 0.3) is 0 Å². The molecule has 11 heteroatoms. The highest BCUT2D eigenvalue weighted by Gasteiger charge is 2.50. The quantitative estimate of drug-likeness (QED) is 0.566. The standard InChI is InChI=1S/C12H24F3NO5SSi/c1-8(21-23(6,7)11(2,3)4)9(10(17)20-5)16-22(18,19)12(13,14)15/h8-9,16H,1-7H3/t8?,9-/m0/s1. The third-order valence-electron chi connectivity index (χ3n) is 3.80. The Bertz CT molecular complexity index is 528. The zero-order chi connectivity index (χ0) is 18.9. The van der Waals surface area contributed by atoms with Crippen LogP contribution in [0, 0.1) is 0 Å². The van der Waals surface area contributed by atoms with E-state index in [9.17, 15) is 26.4 Å². The second kappa shape index (κ2) is 7.07. The SMILES string of the molecule is COC(=O)[C@@H](NS(=O)(=O)C(F)(F)F)C(C)O[Si](C)(C)C(C)(C)C. The van der Waals surface area contributed by atoms with Crippen LogP contribution in [0.15, 0.2) is 0 Å². The van der Waals surface area contributed by atoms with Crippen molar-refractivity contribution in [2.45, 2.75) is 63.5 Å². The number of esters is 1. The molecule has 138 valence electrons. The number of hydrogen-bond donors (Lipinski definition) is 1. The molecular formula is C12H24F3NO5SSi. The van der Waals surface area contributed by atoms with E-state index in [-0.39, 0.29) is 5.04 Å². The second-order valence-electron chi connectivity index (χ2n) is 6.65. The topological polar surface area (TPSA) is 81.7 Å². The summed E-state index contributed by atoms with van der Waals surface area (Å²) in [6.07, 6.45) is -1.12. The van der Waals surface area contributed by atoms with E-state index in [0.29, 0.717) is 0 Å². The highest BCUT2D eigenvalue weighted by Crippen LogP contribution is 2.37. The van der Waals surface area contributed by atoms with Crippen molar-refractivity contribution in [1.82, 2.24) is 4.72 Å². The van der Waals surface area contributed by atoms with E-state index in [4.69, 9.17) is 4.43 Å². The van der Waals surface area contributed by atoms with Crippen LogP contribution in [0.3, 0.4) is 0 Å². The molecule has 0 saturated carbocycles. The molecule has 0 spiro atoms. The van der Waals surface area contributed by atoms with Crippen molar-refractivity contribution in [3.8, 4) is 0 Å². The van der Waals surface area contributed by atoms with Crippen molar-refractivity contribution >= 4 is 24.3 Å². The summed E-state index contributed by atoms with van der Waals surface area (Å²) in [7, 11) is -7.18. The Labute approximate surface area is 135 Å². The van der Waals surface area contributed by atoms with Crippen molar-refractivity contribution < 1.29 is 35.5 Å². The Balaban J connectivity index is 5.49. The molecule has 0 bridgehead atoms. The summed E-state index contributed by atoms with van der Waals surface area (Å²) in [5.74, 6) is -1.15. The molecule has 0 aromatic carbocycles. The number of alkyl halides is 3. The van der Waals surface area contributed by atoms with Crippen LogP contribution in [0.5, 0.6) is 0 Å². The number of carbonyl (C=O) groups excluding carboxylic acids is 1. The molecule has 2 atom stereocenters. The number of ether oxygens (including phenoxy) is 1. The summed E-state index contributed by atoms with van der Waals surface area (Å²) < 4.78 is 71.6. The Morgan fingerprint density at radius 2 is 1.61 bits per heavy atom. The lowest BCUT2D eigenvalue weighted by Gasteiger charge is -2.39. The Kier molecular flexibility index (Phi) is 6.87. The molecule has 0 amide bonds. The van der Waals surface area contributed by atoms with Crippen molar-refractivity contribution in [1.29, 1.82) is 0 Å². The van der Waals surface area contributed by atoms with Crippen LogP contribution in [-0.2, 0) is 24.0 Å². The Morgan fingerprint density at radius 1 is 1.17 bits per heavy atom. The molecule has 1 unspecified atom stereocenters. The lowest BCUT2D eigenvalue weighted by molar-refractivity contribution is -0.145. The first-order valence-electron chi connectivity index (χ1n) is 6.80. The molecule has 0 radical (unpaired) electrons. The molecule has 1 N–H and O–H groups in total. The summed E-state index contributed by atoms with van der Waals surface area (Å²) in [6.45, 7) is 10.7. The van der Waals surface area contributed by atoms with Crippen LogP contribution in [0.4, 0.5) is 13.2 Å². The van der Waals surface area contributed by atoms with Crippen molar-refractivity contribution in [3.05, 3.63) is 0 Å². The smallest absolute Gasteiger partial charge is 0.468 e. The van der Waals surface area contributed by atoms with E-state index in [1.54, 1.807) is 0 Å². The minimum absolute atomic E-state index is 0.273. The molecule has 0 fully saturated rings. The number of halogens is 3. The van der Waals surface area contributed by atoms with E-state index >= 15 is 0 Å². The van der Waals surface area contributed by atoms with Gasteiger partial charge in [-0.2, -0.15) is 17.9 Å². The molecule has 0 aliphatic rings. The maximum atomic E-state index is 12.5. The van der Waals surface area contributed by atoms with Crippen molar-refractivity contribution in [3.63, 3.8) is 0 Å². The van der Waals surface area contributed by atoms with E-state index in [1.807, 2.05) is 33.9 Å². The monoisotopic (exact) mass is 379 g/mol. The van der Waals surface area contributed by atoms with Gasteiger partial charge in [0, 0.05) is 0 Å². The highest BCUT2D eigenvalue weighted by molar-refractivity contribution is 7.90. The van der Waals surface area contributed by atoms with Gasteiger partial charge in [-0.15, -0.1) is 0 Å². The van der Waals surface area contributed by atoms with Crippen LogP contribution >= 0.6 is 0 Å². The Hall–Kier alpha value is -0.653. The Morgan fingerprint density at radius 3 is 1.91 bits per heavy atom. The average molecular weight is 379 g/mol. The van der Waals surface area contributed by atoms with E-state index in [2.05, 4.69) is 4.74 Å². The van der Waals surface area contributed by atoms with Crippen LogP contribution in [-0.4, -0.2) is 47.5 Å². The van der Waals surface area contributed by atoms with E-state index < -0.39 is 42.0 Å². The third-order valence-corrected chi connectivity index (χ3v) is 9.55. The van der Waals surface area contributed by atoms with Crippen molar-refractivity contribution in [2.24, 2.45) is 0 Å². The maximum Gasteiger partial charge on any atom is 0.511 e. The summed E-state index contributed by atoms with van der Waals surface area (Å²) in [5.41, 5.74) is -5.53. The minimum Gasteiger partial charge on any atom is -0.468 e. The number of carbonyl (C=O) groups is 1. The number of methoxy groups -OCH3 is 1. The zero-order valence-electron chi connectivity index (χ0n) is 14.2. The van der Waals surface area contributed by atoms with Gasteiger partial charge < -0.3 is 9.16 Å². The fraction of sp³-hybridized carbons (Fsp3) is 0.917. The average Bonchev–Trinajstić information content (AvgIpc) is 2.31. The fourth-order valence-electron chi connectivity index (χ4n) is 1.41. The molecule has 0 heterocycles. The van der Waals surface area contributed by atoms with E-state index in [1.165, 1.54) is 11.6 Å². The third kappa shape index (κ3) is 5.73. The van der Waals surface area contributed by atoms with Gasteiger partial charge in [0.05, 0.1) is 13.2 Å². The maximum absolute atomic E-state index is 12.5. The largest absolute Gasteiger partial charge is 0.511 e. The first kappa shape index (κ1) is 22.3. The molecule has 0 aliphatic heterocycles. The molecular weight excluding hydrogens is 355 g/mol. The minimum atomic E-state index is -5.70. The van der Waals surface area contributed by atoms with Crippen LogP contribution < -0.4 is 4.72 Å². The van der Waals surface area contributed by atoms with Gasteiger partial charge in [-0.05, 0) is 25.1 Å². The summed E-state index contributed by atoms with van der Waals surface area (Å²) in [4.78, 5) is 11.7. The number of hydrogen-bond acceptors (Lipinski definition) is 5. The highest BCUT2D eigenvalue weighted by atomic mass is 32.2. The molecule has 0 aliphatic carbocycles. The molecule has 6 nitrogen and oxygen atoms in total. The fourth-order valence-corrected chi connectivity index (χ4v) is 3.58. The lowest BCUT2D eigenvalue weighted by Crippen LogP contribution is -2.55.